The van der Waals surface area contributed by atoms with Crippen molar-refractivity contribution in [3.05, 3.63) is 72.0 Å². The Morgan fingerprint density at radius 1 is 1.04 bits per heavy atom. The Hall–Kier alpha value is -2.32. The van der Waals surface area contributed by atoms with E-state index in [1.165, 1.54) is 6.26 Å². The van der Waals surface area contributed by atoms with E-state index >= 15 is 0 Å². The Bertz CT molecular complexity index is 748. The number of benzene rings is 2. The Morgan fingerprint density at radius 2 is 1.67 bits per heavy atom. The minimum Gasteiger partial charge on any atom is -0.451 e. The number of carbonyl (C=O) groups excluding carboxylic acids is 1. The molecule has 2 aromatic carbocycles. The van der Waals surface area contributed by atoms with Gasteiger partial charge in [-0.05, 0) is 24.3 Å². The molecule has 0 heterocycles. The van der Waals surface area contributed by atoms with E-state index in [0.717, 1.165) is 5.56 Å². The highest BCUT2D eigenvalue weighted by Gasteiger charge is 2.16. The van der Waals surface area contributed by atoms with Gasteiger partial charge in [0, 0.05) is 29.1 Å². The molecule has 24 heavy (non-hydrogen) atoms. The van der Waals surface area contributed by atoms with Crippen LogP contribution in [0, 0.1) is 0 Å². The van der Waals surface area contributed by atoms with Crippen LogP contribution in [0.3, 0.4) is 0 Å². The molecule has 0 aliphatic heterocycles. The monoisotopic (exact) mass is 343 g/mol. The Labute approximate surface area is 143 Å². The lowest BCUT2D eigenvalue weighted by Crippen LogP contribution is -2.12. The van der Waals surface area contributed by atoms with Crippen LogP contribution in [0.5, 0.6) is 0 Å². The maximum absolute atomic E-state index is 12.3. The van der Waals surface area contributed by atoms with Crippen molar-refractivity contribution in [1.82, 2.24) is 0 Å². The first-order valence-corrected chi connectivity index (χ1v) is 9.96. The second kappa shape index (κ2) is 8.51. The van der Waals surface area contributed by atoms with Gasteiger partial charge in [-0.15, -0.1) is 0 Å². The summed E-state index contributed by atoms with van der Waals surface area (Å²) in [7, 11) is -2.58. The van der Waals surface area contributed by atoms with Gasteiger partial charge in [-0.3, -0.25) is 9.36 Å². The van der Waals surface area contributed by atoms with Gasteiger partial charge >= 0.3 is 0 Å². The summed E-state index contributed by atoms with van der Waals surface area (Å²) in [5.41, 5.74) is 2.06. The molecule has 0 atom stereocenters. The standard InChI is InChI=1S/C19H22NO3P/c1-3-24(22,4-2)23-15-14-16-10-8-9-13-18(16)20-19(21)17-11-6-5-7-12-17/h5-15H,3-4H2,1-2H3,(H,20,21). The number of hydrogen-bond acceptors (Lipinski definition) is 3. The van der Waals surface area contributed by atoms with Crippen LogP contribution in [-0.4, -0.2) is 18.2 Å². The van der Waals surface area contributed by atoms with E-state index in [1.807, 2.05) is 56.3 Å². The van der Waals surface area contributed by atoms with Crippen molar-refractivity contribution < 1.29 is 13.9 Å². The molecule has 2 aromatic rings. The van der Waals surface area contributed by atoms with E-state index in [2.05, 4.69) is 5.32 Å². The lowest BCUT2D eigenvalue weighted by molar-refractivity contribution is 0.102. The van der Waals surface area contributed by atoms with Crippen molar-refractivity contribution in [1.29, 1.82) is 0 Å². The van der Waals surface area contributed by atoms with Gasteiger partial charge in [0.1, 0.15) is 0 Å². The Morgan fingerprint density at radius 3 is 2.33 bits per heavy atom. The fourth-order valence-corrected chi connectivity index (χ4v) is 3.16. The van der Waals surface area contributed by atoms with Gasteiger partial charge in [-0.25, -0.2) is 0 Å². The molecule has 0 aliphatic rings. The third-order valence-corrected chi connectivity index (χ3v) is 6.14. The summed E-state index contributed by atoms with van der Waals surface area (Å²) < 4.78 is 17.7. The number of hydrogen-bond donors (Lipinski definition) is 1. The van der Waals surface area contributed by atoms with Crippen molar-refractivity contribution in [3.63, 3.8) is 0 Å². The van der Waals surface area contributed by atoms with E-state index in [9.17, 15) is 9.36 Å². The quantitative estimate of drug-likeness (QED) is 0.552. The van der Waals surface area contributed by atoms with Crippen LogP contribution in [0.2, 0.25) is 0 Å². The molecule has 0 radical (unpaired) electrons. The molecule has 0 aromatic heterocycles. The number of nitrogens with one attached hydrogen (secondary N) is 1. The van der Waals surface area contributed by atoms with Crippen molar-refractivity contribution in [2.45, 2.75) is 13.8 Å². The predicted molar refractivity (Wildman–Crippen MR) is 99.6 cm³/mol. The SMILES string of the molecule is CCP(=O)(CC)OC=Cc1ccccc1NC(=O)c1ccccc1. The number of anilines is 1. The Kier molecular flexibility index (Phi) is 6.39. The van der Waals surface area contributed by atoms with Crippen LogP contribution < -0.4 is 5.32 Å². The summed E-state index contributed by atoms with van der Waals surface area (Å²) in [4.78, 5) is 12.3. The normalized spacial score (nSPS) is 11.4. The largest absolute Gasteiger partial charge is 0.451 e. The van der Waals surface area contributed by atoms with Crippen LogP contribution in [0.15, 0.2) is 60.9 Å². The molecule has 0 saturated carbocycles. The van der Waals surface area contributed by atoms with E-state index in [-0.39, 0.29) is 5.91 Å². The van der Waals surface area contributed by atoms with Crippen LogP contribution in [0.25, 0.3) is 6.08 Å². The zero-order chi connectivity index (χ0) is 17.4. The minimum atomic E-state index is -2.58. The molecule has 5 heteroatoms. The zero-order valence-corrected chi connectivity index (χ0v) is 14.8. The highest BCUT2D eigenvalue weighted by atomic mass is 31.2. The van der Waals surface area contributed by atoms with Crippen LogP contribution in [0.4, 0.5) is 5.69 Å². The molecule has 2 rings (SSSR count). The summed E-state index contributed by atoms with van der Waals surface area (Å²) in [5.74, 6) is -0.176. The van der Waals surface area contributed by atoms with Crippen molar-refractivity contribution in [2.24, 2.45) is 0 Å². The molecular weight excluding hydrogens is 321 g/mol. The third kappa shape index (κ3) is 4.84. The molecule has 0 saturated heterocycles. The maximum atomic E-state index is 12.3. The van der Waals surface area contributed by atoms with Gasteiger partial charge in [-0.1, -0.05) is 50.2 Å². The molecule has 126 valence electrons. The average Bonchev–Trinajstić information content (AvgIpc) is 2.63. The molecule has 1 amide bonds. The first kappa shape index (κ1) is 18.0. The van der Waals surface area contributed by atoms with Gasteiger partial charge in [-0.2, -0.15) is 0 Å². The van der Waals surface area contributed by atoms with E-state index in [1.54, 1.807) is 18.2 Å². The predicted octanol–water partition coefficient (Wildman–Crippen LogP) is 5.24. The number of rotatable bonds is 7. The third-order valence-electron chi connectivity index (χ3n) is 3.71. The molecule has 0 spiro atoms. The summed E-state index contributed by atoms with van der Waals surface area (Å²) >= 11 is 0. The summed E-state index contributed by atoms with van der Waals surface area (Å²) in [6, 6.07) is 16.4. The molecule has 4 nitrogen and oxygen atoms in total. The first-order chi connectivity index (χ1) is 11.6. The van der Waals surface area contributed by atoms with Crippen LogP contribution in [-0.2, 0) is 9.09 Å². The van der Waals surface area contributed by atoms with E-state index in [0.29, 0.717) is 23.6 Å². The fourth-order valence-electron chi connectivity index (χ4n) is 2.13. The summed E-state index contributed by atoms with van der Waals surface area (Å²) in [6.07, 6.45) is 4.18. The smallest absolute Gasteiger partial charge is 0.255 e. The number of carbonyl (C=O) groups is 1. The first-order valence-electron chi connectivity index (χ1n) is 7.96. The lowest BCUT2D eigenvalue weighted by atomic mass is 10.1. The Balaban J connectivity index is 2.13. The summed E-state index contributed by atoms with van der Waals surface area (Å²) in [5, 5.41) is 2.89. The van der Waals surface area contributed by atoms with E-state index < -0.39 is 7.37 Å². The summed E-state index contributed by atoms with van der Waals surface area (Å²) in [6.45, 7) is 3.71. The topological polar surface area (TPSA) is 55.4 Å². The average molecular weight is 343 g/mol. The number of amides is 1. The molecule has 1 N–H and O–H groups in total. The van der Waals surface area contributed by atoms with Gasteiger partial charge in [0.05, 0.1) is 6.26 Å². The van der Waals surface area contributed by atoms with Crippen LogP contribution >= 0.6 is 7.37 Å². The van der Waals surface area contributed by atoms with E-state index in [4.69, 9.17) is 4.52 Å². The second-order valence-electron chi connectivity index (χ2n) is 5.26. The van der Waals surface area contributed by atoms with Gasteiger partial charge in [0.25, 0.3) is 5.91 Å². The van der Waals surface area contributed by atoms with Crippen molar-refractivity contribution >= 4 is 25.0 Å². The molecule has 0 bridgehead atoms. The van der Waals surface area contributed by atoms with Crippen molar-refractivity contribution in [3.8, 4) is 0 Å². The molecule has 0 fully saturated rings. The fraction of sp³-hybridized carbons (Fsp3) is 0.211. The second-order valence-corrected chi connectivity index (χ2v) is 8.37. The van der Waals surface area contributed by atoms with Gasteiger partial charge in [0.2, 0.25) is 7.37 Å². The zero-order valence-electron chi connectivity index (χ0n) is 13.9. The molecular formula is C19H22NO3P. The number of para-hydroxylation sites is 1. The van der Waals surface area contributed by atoms with Gasteiger partial charge < -0.3 is 9.84 Å². The highest BCUT2D eigenvalue weighted by Crippen LogP contribution is 2.46. The van der Waals surface area contributed by atoms with Crippen molar-refractivity contribution in [2.75, 3.05) is 17.6 Å². The molecule has 0 unspecified atom stereocenters. The minimum absolute atomic E-state index is 0.176. The van der Waals surface area contributed by atoms with Gasteiger partial charge in [0.15, 0.2) is 0 Å². The highest BCUT2D eigenvalue weighted by molar-refractivity contribution is 7.58. The molecule has 0 aliphatic carbocycles. The van der Waals surface area contributed by atoms with Crippen LogP contribution in [0.1, 0.15) is 29.8 Å². The maximum Gasteiger partial charge on any atom is 0.255 e. The lowest BCUT2D eigenvalue weighted by Gasteiger charge is -2.13.